The maximum atomic E-state index is 12.6. The zero-order chi connectivity index (χ0) is 21.1. The Bertz CT molecular complexity index is 1050. The molecule has 156 valence electrons. The van der Waals surface area contributed by atoms with Crippen molar-refractivity contribution in [2.75, 3.05) is 25.0 Å². The van der Waals surface area contributed by atoms with E-state index in [1.807, 2.05) is 11.0 Å². The number of aromatic nitrogens is 2. The average Bonchev–Trinajstić information content (AvgIpc) is 3.17. The smallest absolute Gasteiger partial charge is 0.338 e. The first-order valence-electron chi connectivity index (χ1n) is 10.3. The summed E-state index contributed by atoms with van der Waals surface area (Å²) >= 11 is 0. The van der Waals surface area contributed by atoms with E-state index in [9.17, 15) is 9.59 Å². The van der Waals surface area contributed by atoms with Crippen molar-refractivity contribution in [3.63, 3.8) is 0 Å². The van der Waals surface area contributed by atoms with E-state index < -0.39 is 0 Å². The predicted molar refractivity (Wildman–Crippen MR) is 116 cm³/mol. The number of benzene rings is 2. The lowest BCUT2D eigenvalue weighted by Crippen LogP contribution is -2.40. The number of nitrogens with zero attached hydrogens (tertiary/aromatic N) is 2. The summed E-state index contributed by atoms with van der Waals surface area (Å²) in [5, 5.41) is 2.90. The van der Waals surface area contributed by atoms with Gasteiger partial charge >= 0.3 is 12.0 Å². The van der Waals surface area contributed by atoms with Gasteiger partial charge in [-0.3, -0.25) is 0 Å². The Morgan fingerprint density at radius 3 is 2.60 bits per heavy atom. The van der Waals surface area contributed by atoms with E-state index in [1.54, 1.807) is 31.2 Å². The van der Waals surface area contributed by atoms with E-state index in [1.165, 1.54) is 5.56 Å². The summed E-state index contributed by atoms with van der Waals surface area (Å²) in [6.45, 7) is 5.52. The number of likely N-dealkylation sites (tertiary alicyclic amines) is 1. The van der Waals surface area contributed by atoms with Crippen LogP contribution in [0, 0.1) is 6.92 Å². The molecular weight excluding hydrogens is 380 g/mol. The fourth-order valence-corrected chi connectivity index (χ4v) is 3.80. The number of fused-ring (bicyclic) bond motifs is 1. The standard InChI is InChI=1S/C23H26N4O3/c1-3-30-22(28)17-5-7-18(8-6-17)24-23(29)27-12-10-16(11-13-27)21-25-19-9-4-15(2)14-20(19)26-21/h4-9,14,16H,3,10-13H2,1-2H3,(H,24,29)(H,25,26). The molecule has 0 atom stereocenters. The summed E-state index contributed by atoms with van der Waals surface area (Å²) < 4.78 is 4.97. The summed E-state index contributed by atoms with van der Waals surface area (Å²) in [7, 11) is 0. The van der Waals surface area contributed by atoms with Crippen LogP contribution in [0.15, 0.2) is 42.5 Å². The van der Waals surface area contributed by atoms with Gasteiger partial charge in [0, 0.05) is 24.7 Å². The molecule has 2 aromatic carbocycles. The number of nitrogens with one attached hydrogen (secondary N) is 2. The van der Waals surface area contributed by atoms with Gasteiger partial charge in [0.2, 0.25) is 0 Å². The van der Waals surface area contributed by atoms with Crippen LogP contribution >= 0.6 is 0 Å². The molecule has 1 aromatic heterocycles. The van der Waals surface area contributed by atoms with E-state index in [4.69, 9.17) is 9.72 Å². The summed E-state index contributed by atoms with van der Waals surface area (Å²) in [6, 6.07) is 12.8. The fourth-order valence-electron chi connectivity index (χ4n) is 3.80. The molecule has 7 nitrogen and oxygen atoms in total. The molecule has 1 aliphatic heterocycles. The molecule has 7 heteroatoms. The van der Waals surface area contributed by atoms with Crippen molar-refractivity contribution in [2.45, 2.75) is 32.6 Å². The first-order chi connectivity index (χ1) is 14.5. The Morgan fingerprint density at radius 1 is 1.17 bits per heavy atom. The van der Waals surface area contributed by atoms with Gasteiger partial charge in [-0.25, -0.2) is 14.6 Å². The molecule has 0 radical (unpaired) electrons. The largest absolute Gasteiger partial charge is 0.462 e. The minimum atomic E-state index is -0.363. The number of urea groups is 1. The number of hydrogen-bond donors (Lipinski definition) is 2. The van der Waals surface area contributed by atoms with Crippen molar-refractivity contribution in [3.8, 4) is 0 Å². The molecular formula is C23H26N4O3. The van der Waals surface area contributed by atoms with Gasteiger partial charge < -0.3 is 19.9 Å². The molecule has 0 unspecified atom stereocenters. The van der Waals surface area contributed by atoms with Gasteiger partial charge in [0.05, 0.1) is 23.2 Å². The Hall–Kier alpha value is -3.35. The van der Waals surface area contributed by atoms with Crippen LogP contribution in [0.1, 0.15) is 47.4 Å². The molecule has 0 aliphatic carbocycles. The zero-order valence-corrected chi connectivity index (χ0v) is 17.3. The third-order valence-corrected chi connectivity index (χ3v) is 5.47. The van der Waals surface area contributed by atoms with Gasteiger partial charge in [0.1, 0.15) is 5.82 Å². The van der Waals surface area contributed by atoms with Crippen LogP contribution in [0.2, 0.25) is 0 Å². The van der Waals surface area contributed by atoms with Gasteiger partial charge in [-0.15, -0.1) is 0 Å². The van der Waals surface area contributed by atoms with Crippen molar-refractivity contribution in [3.05, 3.63) is 59.4 Å². The molecule has 1 fully saturated rings. The Morgan fingerprint density at radius 2 is 1.90 bits per heavy atom. The lowest BCUT2D eigenvalue weighted by molar-refractivity contribution is 0.0526. The molecule has 4 rings (SSSR count). The van der Waals surface area contributed by atoms with Crippen LogP contribution in [0.4, 0.5) is 10.5 Å². The quantitative estimate of drug-likeness (QED) is 0.626. The third-order valence-electron chi connectivity index (χ3n) is 5.47. The number of aromatic amines is 1. The number of esters is 1. The van der Waals surface area contributed by atoms with E-state index in [0.29, 0.717) is 36.9 Å². The number of piperidine rings is 1. The maximum Gasteiger partial charge on any atom is 0.338 e. The van der Waals surface area contributed by atoms with Gasteiger partial charge in [-0.2, -0.15) is 0 Å². The monoisotopic (exact) mass is 406 g/mol. The summed E-state index contributed by atoms with van der Waals surface area (Å²) in [4.78, 5) is 34.3. The first kappa shape index (κ1) is 19.9. The van der Waals surface area contributed by atoms with Crippen molar-refractivity contribution in [1.29, 1.82) is 0 Å². The molecule has 3 aromatic rings. The number of carbonyl (C=O) groups is 2. The van der Waals surface area contributed by atoms with Gasteiger partial charge in [0.25, 0.3) is 0 Å². The van der Waals surface area contributed by atoms with Crippen molar-refractivity contribution >= 4 is 28.7 Å². The predicted octanol–water partition coefficient (Wildman–Crippen LogP) is 4.46. The number of anilines is 1. The number of rotatable bonds is 4. The highest BCUT2D eigenvalue weighted by atomic mass is 16.5. The molecule has 2 amide bonds. The normalized spacial score (nSPS) is 14.7. The number of hydrogen-bond acceptors (Lipinski definition) is 4. The average molecular weight is 406 g/mol. The minimum Gasteiger partial charge on any atom is -0.462 e. The van der Waals surface area contributed by atoms with E-state index >= 15 is 0 Å². The molecule has 1 aliphatic rings. The Labute approximate surface area is 175 Å². The summed E-state index contributed by atoms with van der Waals surface area (Å²) in [5.74, 6) is 0.967. The van der Waals surface area contributed by atoms with Gasteiger partial charge in [-0.1, -0.05) is 6.07 Å². The summed E-state index contributed by atoms with van der Waals surface area (Å²) in [5.41, 5.74) is 4.39. The lowest BCUT2D eigenvalue weighted by Gasteiger charge is -2.31. The Kier molecular flexibility index (Phi) is 5.70. The fraction of sp³-hybridized carbons (Fsp3) is 0.348. The topological polar surface area (TPSA) is 87.3 Å². The first-order valence-corrected chi connectivity index (χ1v) is 10.3. The highest BCUT2D eigenvalue weighted by Gasteiger charge is 2.26. The molecule has 0 spiro atoms. The third kappa shape index (κ3) is 4.30. The minimum absolute atomic E-state index is 0.127. The molecule has 0 saturated carbocycles. The number of H-pyrrole nitrogens is 1. The second kappa shape index (κ2) is 8.57. The van der Waals surface area contributed by atoms with Crippen LogP contribution in [-0.4, -0.2) is 46.6 Å². The van der Waals surface area contributed by atoms with Crippen LogP contribution in [0.3, 0.4) is 0 Å². The number of ether oxygens (including phenoxy) is 1. The lowest BCUT2D eigenvalue weighted by atomic mass is 9.96. The number of carbonyl (C=O) groups excluding carboxylic acids is 2. The number of amides is 2. The molecule has 0 bridgehead atoms. The molecule has 2 N–H and O–H groups in total. The van der Waals surface area contributed by atoms with Gasteiger partial charge in [-0.05, 0) is 68.7 Å². The van der Waals surface area contributed by atoms with Crippen LogP contribution in [0.5, 0.6) is 0 Å². The second-order valence-electron chi connectivity index (χ2n) is 7.63. The maximum absolute atomic E-state index is 12.6. The van der Waals surface area contributed by atoms with E-state index in [2.05, 4.69) is 29.4 Å². The second-order valence-corrected chi connectivity index (χ2v) is 7.63. The van der Waals surface area contributed by atoms with Crippen molar-refractivity contribution in [1.82, 2.24) is 14.9 Å². The van der Waals surface area contributed by atoms with E-state index in [0.717, 1.165) is 29.7 Å². The van der Waals surface area contributed by atoms with Crippen molar-refractivity contribution in [2.24, 2.45) is 0 Å². The van der Waals surface area contributed by atoms with Crippen LogP contribution in [-0.2, 0) is 4.74 Å². The van der Waals surface area contributed by atoms with Crippen LogP contribution < -0.4 is 5.32 Å². The molecule has 30 heavy (non-hydrogen) atoms. The summed E-state index contributed by atoms with van der Waals surface area (Å²) in [6.07, 6.45) is 1.74. The number of aryl methyl sites for hydroxylation is 1. The zero-order valence-electron chi connectivity index (χ0n) is 17.3. The van der Waals surface area contributed by atoms with Gasteiger partial charge in [0.15, 0.2) is 0 Å². The number of imidazole rings is 1. The van der Waals surface area contributed by atoms with Crippen molar-refractivity contribution < 1.29 is 14.3 Å². The highest BCUT2D eigenvalue weighted by molar-refractivity contribution is 5.92. The van der Waals surface area contributed by atoms with Crippen LogP contribution in [0.25, 0.3) is 11.0 Å². The van der Waals surface area contributed by atoms with E-state index in [-0.39, 0.29) is 12.0 Å². The SMILES string of the molecule is CCOC(=O)c1ccc(NC(=O)N2CCC(c3nc4ccc(C)cc4[nH]3)CC2)cc1. The molecule has 2 heterocycles. The Balaban J connectivity index is 1.33. The highest BCUT2D eigenvalue weighted by Crippen LogP contribution is 2.28. The molecule has 1 saturated heterocycles.